The summed E-state index contributed by atoms with van der Waals surface area (Å²) < 4.78 is 49.4. The molecular formula is C14H19F2O3P. The van der Waals surface area contributed by atoms with Gasteiger partial charge in [0.1, 0.15) is 0 Å². The van der Waals surface area contributed by atoms with Gasteiger partial charge < -0.3 is 9.05 Å². The second kappa shape index (κ2) is 7.67. The number of hydrogen-bond acceptors (Lipinski definition) is 3. The Morgan fingerprint density at radius 2 is 1.70 bits per heavy atom. The summed E-state index contributed by atoms with van der Waals surface area (Å²) >= 11 is 0. The van der Waals surface area contributed by atoms with E-state index < -0.39 is 19.7 Å². The van der Waals surface area contributed by atoms with Gasteiger partial charge in [0.2, 0.25) is 0 Å². The van der Waals surface area contributed by atoms with Gasteiger partial charge in [-0.2, -0.15) is 8.78 Å². The van der Waals surface area contributed by atoms with Crippen LogP contribution in [0.5, 0.6) is 0 Å². The van der Waals surface area contributed by atoms with Crippen LogP contribution in [0.2, 0.25) is 0 Å². The average Bonchev–Trinajstić information content (AvgIpc) is 2.40. The molecule has 0 aliphatic rings. The first kappa shape index (κ1) is 17.0. The van der Waals surface area contributed by atoms with Gasteiger partial charge in [-0.1, -0.05) is 42.5 Å². The zero-order chi connectivity index (χ0) is 15.1. The van der Waals surface area contributed by atoms with Gasteiger partial charge in [-0.15, -0.1) is 0 Å². The summed E-state index contributed by atoms with van der Waals surface area (Å²) in [6.45, 7) is 2.83. The molecule has 0 aromatic heterocycles. The molecule has 0 unspecified atom stereocenters. The van der Waals surface area contributed by atoms with Crippen molar-refractivity contribution in [1.29, 1.82) is 0 Å². The van der Waals surface area contributed by atoms with E-state index in [1.54, 1.807) is 18.2 Å². The molecule has 0 amide bonds. The van der Waals surface area contributed by atoms with Gasteiger partial charge in [0.25, 0.3) is 0 Å². The molecule has 20 heavy (non-hydrogen) atoms. The summed E-state index contributed by atoms with van der Waals surface area (Å²) in [7, 11) is -4.43. The van der Waals surface area contributed by atoms with Crippen molar-refractivity contribution < 1.29 is 22.4 Å². The molecule has 0 saturated carbocycles. The molecule has 0 bridgehead atoms. The van der Waals surface area contributed by atoms with Crippen LogP contribution in [-0.2, 0) is 13.6 Å². The Kier molecular flexibility index (Phi) is 6.53. The minimum absolute atomic E-state index is 0.0880. The molecule has 0 spiro atoms. The monoisotopic (exact) mass is 304 g/mol. The second-order valence-electron chi connectivity index (χ2n) is 4.02. The number of rotatable bonds is 8. The fourth-order valence-electron chi connectivity index (χ4n) is 1.58. The zero-order valence-electron chi connectivity index (χ0n) is 11.6. The van der Waals surface area contributed by atoms with E-state index in [0.717, 1.165) is 5.56 Å². The average molecular weight is 304 g/mol. The maximum atomic E-state index is 14.0. The fraction of sp³-hybridized carbons (Fsp3) is 0.429. The van der Waals surface area contributed by atoms with Gasteiger partial charge in [-0.05, 0) is 19.4 Å². The summed E-state index contributed by atoms with van der Waals surface area (Å²) in [5.41, 5.74) is -2.74. The predicted molar refractivity (Wildman–Crippen MR) is 75.9 cm³/mol. The van der Waals surface area contributed by atoms with E-state index in [1.165, 1.54) is 19.9 Å². The van der Waals surface area contributed by atoms with E-state index >= 15 is 0 Å². The highest BCUT2D eigenvalue weighted by Gasteiger charge is 2.52. The van der Waals surface area contributed by atoms with Gasteiger partial charge in [-0.3, -0.25) is 4.57 Å². The number of allylic oxidation sites excluding steroid dienone is 1. The molecular weight excluding hydrogens is 285 g/mol. The second-order valence-corrected chi connectivity index (χ2v) is 6.18. The number of hydrogen-bond donors (Lipinski definition) is 0. The predicted octanol–water partition coefficient (Wildman–Crippen LogP) is 4.95. The van der Waals surface area contributed by atoms with E-state index in [0.29, 0.717) is 0 Å². The Morgan fingerprint density at radius 1 is 1.15 bits per heavy atom. The van der Waals surface area contributed by atoms with Gasteiger partial charge >= 0.3 is 13.3 Å². The molecule has 0 atom stereocenters. The van der Waals surface area contributed by atoms with E-state index in [2.05, 4.69) is 9.05 Å². The van der Waals surface area contributed by atoms with E-state index in [9.17, 15) is 13.3 Å². The van der Waals surface area contributed by atoms with E-state index in [1.807, 2.05) is 18.2 Å². The van der Waals surface area contributed by atoms with Crippen LogP contribution in [-0.4, -0.2) is 18.9 Å². The van der Waals surface area contributed by atoms with Gasteiger partial charge in [-0.25, -0.2) is 0 Å². The molecule has 0 aliphatic carbocycles. The molecule has 3 nitrogen and oxygen atoms in total. The number of halogens is 2. The van der Waals surface area contributed by atoms with Crippen molar-refractivity contribution in [1.82, 2.24) is 0 Å². The quantitative estimate of drug-likeness (QED) is 0.637. The number of benzene rings is 1. The lowest BCUT2D eigenvalue weighted by atomic mass is 10.2. The van der Waals surface area contributed by atoms with Crippen molar-refractivity contribution >= 4 is 13.7 Å². The largest absolute Gasteiger partial charge is 0.399 e. The molecule has 1 aromatic carbocycles. The summed E-state index contributed by atoms with van der Waals surface area (Å²) in [4.78, 5) is 0. The minimum atomic E-state index is -4.43. The van der Waals surface area contributed by atoms with Crippen molar-refractivity contribution in [3.05, 3.63) is 42.0 Å². The standard InChI is InChI=1S/C14H19F2O3P/c1-3-18-20(17,19-4-2)14(15,16)12-8-11-13-9-6-5-7-10-13/h5-11H,3-4,12H2,1-2H3/b11-8+. The molecule has 1 aromatic rings. The summed E-state index contributed by atoms with van der Waals surface area (Å²) in [6.07, 6.45) is 2.13. The fourth-order valence-corrected chi connectivity index (χ4v) is 3.04. The minimum Gasteiger partial charge on any atom is -0.305 e. The number of alkyl halides is 2. The third-order valence-electron chi connectivity index (χ3n) is 2.47. The summed E-state index contributed by atoms with van der Waals surface area (Å²) in [6, 6.07) is 9.04. The lowest BCUT2D eigenvalue weighted by molar-refractivity contribution is 0.0417. The van der Waals surface area contributed by atoms with Crippen molar-refractivity contribution in [2.75, 3.05) is 13.2 Å². The third kappa shape index (κ3) is 4.51. The van der Waals surface area contributed by atoms with Crippen molar-refractivity contribution in [2.24, 2.45) is 0 Å². The Morgan fingerprint density at radius 3 is 2.20 bits per heavy atom. The first-order valence-electron chi connectivity index (χ1n) is 6.44. The van der Waals surface area contributed by atoms with Crippen LogP contribution in [0, 0.1) is 0 Å². The Bertz CT molecular complexity index is 465. The van der Waals surface area contributed by atoms with Gasteiger partial charge in [0.05, 0.1) is 13.2 Å². The highest BCUT2D eigenvalue weighted by Crippen LogP contribution is 2.63. The first-order chi connectivity index (χ1) is 9.45. The normalized spacial score (nSPS) is 13.0. The van der Waals surface area contributed by atoms with E-state index in [4.69, 9.17) is 0 Å². The highest BCUT2D eigenvalue weighted by molar-refractivity contribution is 7.55. The molecule has 0 N–H and O–H groups in total. The molecule has 112 valence electrons. The van der Waals surface area contributed by atoms with Crippen LogP contribution in [0.1, 0.15) is 25.8 Å². The molecule has 0 aliphatic heterocycles. The van der Waals surface area contributed by atoms with Crippen LogP contribution in [0.4, 0.5) is 8.78 Å². The van der Waals surface area contributed by atoms with Crippen LogP contribution >= 0.6 is 7.60 Å². The summed E-state index contributed by atoms with van der Waals surface area (Å²) in [5.74, 6) is 0. The van der Waals surface area contributed by atoms with Crippen LogP contribution < -0.4 is 0 Å². The van der Waals surface area contributed by atoms with Crippen LogP contribution in [0.15, 0.2) is 36.4 Å². The van der Waals surface area contributed by atoms with Crippen LogP contribution in [0.3, 0.4) is 0 Å². The highest BCUT2D eigenvalue weighted by atomic mass is 31.2. The molecule has 1 rings (SSSR count). The molecule has 0 heterocycles. The lowest BCUT2D eigenvalue weighted by Gasteiger charge is -2.24. The zero-order valence-corrected chi connectivity index (χ0v) is 12.5. The SMILES string of the molecule is CCOP(=O)(OCC)C(F)(F)C/C=C/c1ccccc1. The Hall–Kier alpha value is -1.03. The molecule has 0 radical (unpaired) electrons. The lowest BCUT2D eigenvalue weighted by Crippen LogP contribution is -2.19. The Labute approximate surface area is 118 Å². The topological polar surface area (TPSA) is 35.5 Å². The Balaban J connectivity index is 2.77. The molecule has 6 heteroatoms. The molecule has 0 saturated heterocycles. The molecule has 0 fully saturated rings. The summed E-state index contributed by atoms with van der Waals surface area (Å²) in [5, 5.41) is 0. The van der Waals surface area contributed by atoms with Gasteiger partial charge in [0, 0.05) is 6.42 Å². The maximum absolute atomic E-state index is 14.0. The van der Waals surface area contributed by atoms with Gasteiger partial charge in [0.15, 0.2) is 0 Å². The third-order valence-corrected chi connectivity index (χ3v) is 4.65. The maximum Gasteiger partial charge on any atom is 0.399 e. The first-order valence-corrected chi connectivity index (χ1v) is 7.98. The van der Waals surface area contributed by atoms with Crippen molar-refractivity contribution in [2.45, 2.75) is 25.9 Å². The smallest absolute Gasteiger partial charge is 0.305 e. The van der Waals surface area contributed by atoms with Crippen LogP contribution in [0.25, 0.3) is 6.08 Å². The van der Waals surface area contributed by atoms with Crippen molar-refractivity contribution in [3.8, 4) is 0 Å². The van der Waals surface area contributed by atoms with Crippen molar-refractivity contribution in [3.63, 3.8) is 0 Å². The van der Waals surface area contributed by atoms with E-state index in [-0.39, 0.29) is 13.2 Å².